The van der Waals surface area contributed by atoms with Gasteiger partial charge < -0.3 is 56.5 Å². The van der Waals surface area contributed by atoms with E-state index in [0.717, 1.165) is 21.6 Å². The predicted octanol–water partition coefficient (Wildman–Crippen LogP) is -3.87. The molecule has 0 spiro atoms. The molecule has 250 valence electrons. The van der Waals surface area contributed by atoms with Crippen molar-refractivity contribution < 1.29 is 59.3 Å². The van der Waals surface area contributed by atoms with Gasteiger partial charge in [-0.1, -0.05) is 35.4 Å². The molecule has 44 heavy (non-hydrogen) atoms. The average molecular weight is 667 g/mol. The first-order valence-electron chi connectivity index (χ1n) is 14.5. The highest BCUT2D eigenvalue weighted by atomic mass is 33.1. The number of nitrogens with two attached hydrogens (primary N) is 1. The number of nitrogens with one attached hydrogen (secondary N) is 2. The first-order valence-corrected chi connectivity index (χ1v) is 16.7. The summed E-state index contributed by atoms with van der Waals surface area (Å²) in [6.07, 6.45) is -9.46. The van der Waals surface area contributed by atoms with Gasteiger partial charge in [0.1, 0.15) is 36.9 Å². The Morgan fingerprint density at radius 1 is 0.932 bits per heavy atom. The molecule has 4 saturated heterocycles. The zero-order chi connectivity index (χ0) is 32.5. The van der Waals surface area contributed by atoms with Gasteiger partial charge in [-0.25, -0.2) is 0 Å². The van der Waals surface area contributed by atoms with Crippen LogP contribution in [0.4, 0.5) is 0 Å². The van der Waals surface area contributed by atoms with Crippen LogP contribution in [0, 0.1) is 11.8 Å². The molecule has 0 saturated carbocycles. The Balaban J connectivity index is 1.47. The van der Waals surface area contributed by atoms with Crippen molar-refractivity contribution in [3.8, 4) is 0 Å². The Kier molecular flexibility index (Phi) is 11.6. The molecular formula is C26H42N4O12S2. The standard InChI is InChI=1S/C26H42N4O12S2/c1-10-18(35)20(37)13(8-31)41-23(10)28-15(33)6-17-30-5-3-4-12(30)22(39)26(25(27)40,44-43-17)7-16(34)29-24-11(2)19(36)21(38)14(9-32)42-24/h10-14,17-21,23-24,31-32,35-38H,3-9H2,1-2H3,(H2,27,40)(H,28,33)(H,29,34)/t10?,11?,12-,13?,14?,17?,18+,19+,20-,21-,23+,24+,26?/m0/s1. The molecule has 18 heteroatoms. The molecule has 0 aromatic rings. The Morgan fingerprint density at radius 2 is 1.45 bits per heavy atom. The SMILES string of the molecule is CC1[C@H](NC(=O)CC2SSC(CC(=O)N[C@@H]3OC(CO)[C@H](O)[C@H](O)C3C)(C(N)=O)C(=O)[C@@H]3CCCN23)OC(CO)[C@H](O)[C@@H]1O. The van der Waals surface area contributed by atoms with E-state index >= 15 is 0 Å². The van der Waals surface area contributed by atoms with Gasteiger partial charge in [-0.05, 0) is 12.8 Å². The van der Waals surface area contributed by atoms with E-state index in [1.165, 1.54) is 6.92 Å². The third-order valence-corrected chi connectivity index (χ3v) is 12.3. The number of Topliss-reactive ketones (excluding diaryl/α,β-unsaturated/α-hetero) is 1. The summed E-state index contributed by atoms with van der Waals surface area (Å²) in [5.41, 5.74) is 5.78. The van der Waals surface area contributed by atoms with Crippen molar-refractivity contribution in [3.63, 3.8) is 0 Å². The fourth-order valence-electron chi connectivity index (χ4n) is 6.09. The lowest BCUT2D eigenvalue weighted by Crippen LogP contribution is -2.61. The molecule has 16 nitrogen and oxygen atoms in total. The van der Waals surface area contributed by atoms with Gasteiger partial charge in [-0.3, -0.25) is 24.1 Å². The molecule has 0 aromatic carbocycles. The van der Waals surface area contributed by atoms with Crippen LogP contribution in [0.2, 0.25) is 0 Å². The van der Waals surface area contributed by atoms with E-state index in [2.05, 4.69) is 10.6 Å². The van der Waals surface area contributed by atoms with Crippen LogP contribution < -0.4 is 16.4 Å². The number of nitrogens with zero attached hydrogens (tertiary/aromatic N) is 1. The Bertz CT molecular complexity index is 1090. The molecule has 4 aliphatic rings. The third kappa shape index (κ3) is 6.90. The van der Waals surface area contributed by atoms with Gasteiger partial charge in [-0.2, -0.15) is 0 Å². The summed E-state index contributed by atoms with van der Waals surface area (Å²) in [5, 5.41) is 64.4. The highest BCUT2D eigenvalue weighted by molar-refractivity contribution is 8.77. The van der Waals surface area contributed by atoms with Gasteiger partial charge in [0.15, 0.2) is 10.5 Å². The molecule has 4 fully saturated rings. The molecule has 0 aromatic heterocycles. The van der Waals surface area contributed by atoms with Crippen LogP contribution in [0.5, 0.6) is 0 Å². The third-order valence-electron chi connectivity index (χ3n) is 8.94. The molecule has 6 unspecified atom stereocenters. The van der Waals surface area contributed by atoms with Gasteiger partial charge in [0.25, 0.3) is 0 Å². The fraction of sp³-hybridized carbons (Fsp3) is 0.846. The molecule has 3 amide bonds. The number of hydrogen-bond acceptors (Lipinski definition) is 15. The van der Waals surface area contributed by atoms with E-state index in [9.17, 15) is 49.8 Å². The molecule has 0 radical (unpaired) electrons. The van der Waals surface area contributed by atoms with Crippen LogP contribution in [0.1, 0.15) is 39.5 Å². The maximum atomic E-state index is 13.9. The number of ketones is 1. The lowest BCUT2D eigenvalue weighted by atomic mass is 9.89. The summed E-state index contributed by atoms with van der Waals surface area (Å²) in [6.45, 7) is 2.37. The molecule has 4 aliphatic heterocycles. The van der Waals surface area contributed by atoms with Crippen LogP contribution in [0.15, 0.2) is 0 Å². The van der Waals surface area contributed by atoms with Gasteiger partial charge in [0.2, 0.25) is 17.7 Å². The lowest BCUT2D eigenvalue weighted by Gasteiger charge is -2.41. The van der Waals surface area contributed by atoms with Crippen molar-refractivity contribution in [3.05, 3.63) is 0 Å². The Labute approximate surface area is 261 Å². The maximum Gasteiger partial charge on any atom is 0.242 e. The number of rotatable bonds is 9. The van der Waals surface area contributed by atoms with Crippen LogP contribution in [0.3, 0.4) is 0 Å². The van der Waals surface area contributed by atoms with Crippen molar-refractivity contribution in [1.82, 2.24) is 15.5 Å². The second kappa shape index (κ2) is 14.5. The van der Waals surface area contributed by atoms with E-state index in [1.807, 2.05) is 0 Å². The van der Waals surface area contributed by atoms with E-state index in [4.69, 9.17) is 15.2 Å². The van der Waals surface area contributed by atoms with Crippen LogP contribution in [-0.2, 0) is 28.7 Å². The minimum Gasteiger partial charge on any atom is -0.394 e. The predicted molar refractivity (Wildman–Crippen MR) is 155 cm³/mol. The molecule has 4 heterocycles. The number of ether oxygens (including phenoxy) is 2. The number of aliphatic hydroxyl groups excluding tert-OH is 6. The maximum absolute atomic E-state index is 13.9. The summed E-state index contributed by atoms with van der Waals surface area (Å²) in [6, 6.07) is -0.795. The van der Waals surface area contributed by atoms with E-state index < -0.39 is 120 Å². The number of primary amides is 1. The summed E-state index contributed by atoms with van der Waals surface area (Å²) in [5.74, 6) is -4.33. The first-order chi connectivity index (χ1) is 20.7. The summed E-state index contributed by atoms with van der Waals surface area (Å²) in [7, 11) is 1.87. The second-order valence-electron chi connectivity index (χ2n) is 11.8. The number of hydrogen-bond donors (Lipinski definition) is 9. The van der Waals surface area contributed by atoms with E-state index in [1.54, 1.807) is 11.8 Å². The number of aliphatic hydroxyl groups is 6. The second-order valence-corrected chi connectivity index (χ2v) is 14.5. The minimum atomic E-state index is -1.99. The Hall–Kier alpha value is -1.58. The minimum absolute atomic E-state index is 0.145. The van der Waals surface area contributed by atoms with Crippen molar-refractivity contribution in [2.45, 2.75) is 105 Å². The molecule has 0 aliphatic carbocycles. The van der Waals surface area contributed by atoms with Gasteiger partial charge in [0, 0.05) is 18.4 Å². The van der Waals surface area contributed by atoms with Gasteiger partial charge in [0.05, 0.1) is 49.7 Å². The van der Waals surface area contributed by atoms with Crippen LogP contribution >= 0.6 is 21.6 Å². The van der Waals surface area contributed by atoms with E-state index in [0.29, 0.717) is 19.4 Å². The van der Waals surface area contributed by atoms with Crippen LogP contribution in [-0.4, -0.2) is 144 Å². The lowest BCUT2D eigenvalue weighted by molar-refractivity contribution is -0.213. The molecule has 0 bridgehead atoms. The largest absolute Gasteiger partial charge is 0.394 e. The fourth-order valence-corrected chi connectivity index (χ4v) is 9.47. The smallest absolute Gasteiger partial charge is 0.242 e. The molecular weight excluding hydrogens is 624 g/mol. The molecule has 13 atom stereocenters. The number of carbonyl (C=O) groups excluding carboxylic acids is 4. The highest BCUT2D eigenvalue weighted by Gasteiger charge is 2.56. The summed E-state index contributed by atoms with van der Waals surface area (Å²) in [4.78, 5) is 55.1. The topological polar surface area (TPSA) is 261 Å². The quantitative estimate of drug-likeness (QED) is 0.0842. The Morgan fingerprint density at radius 3 is 1.95 bits per heavy atom. The van der Waals surface area contributed by atoms with Crippen molar-refractivity contribution >= 4 is 45.1 Å². The normalized spacial score (nSPS) is 43.1. The number of fused-ring (bicyclic) bond motifs is 1. The van der Waals surface area contributed by atoms with Crippen molar-refractivity contribution in [2.75, 3.05) is 19.8 Å². The summed E-state index contributed by atoms with van der Waals surface area (Å²) < 4.78 is 9.15. The van der Waals surface area contributed by atoms with Crippen molar-refractivity contribution in [1.29, 1.82) is 0 Å². The monoisotopic (exact) mass is 666 g/mol. The number of amides is 3. The summed E-state index contributed by atoms with van der Waals surface area (Å²) >= 11 is 0. The zero-order valence-electron chi connectivity index (χ0n) is 24.4. The van der Waals surface area contributed by atoms with E-state index in [-0.39, 0.29) is 6.42 Å². The van der Waals surface area contributed by atoms with Crippen molar-refractivity contribution in [2.24, 2.45) is 17.6 Å². The first kappa shape index (κ1) is 35.3. The zero-order valence-corrected chi connectivity index (χ0v) is 26.0. The highest BCUT2D eigenvalue weighted by Crippen LogP contribution is 2.50. The van der Waals surface area contributed by atoms with Gasteiger partial charge >= 0.3 is 0 Å². The van der Waals surface area contributed by atoms with Crippen LogP contribution in [0.25, 0.3) is 0 Å². The number of carbonyl (C=O) groups is 4. The molecule has 4 rings (SSSR count). The molecule has 10 N–H and O–H groups in total. The van der Waals surface area contributed by atoms with Gasteiger partial charge in [-0.15, -0.1) is 0 Å². The average Bonchev–Trinajstić information content (AvgIpc) is 3.44.